The second-order valence-corrected chi connectivity index (χ2v) is 7.64. The average molecular weight is 415 g/mol. The Morgan fingerprint density at radius 1 is 1.06 bits per heavy atom. The van der Waals surface area contributed by atoms with Gasteiger partial charge in [0.15, 0.2) is 11.5 Å². The van der Waals surface area contributed by atoms with E-state index in [1.807, 2.05) is 54.7 Å². The van der Waals surface area contributed by atoms with Gasteiger partial charge in [0.05, 0.1) is 18.1 Å². The van der Waals surface area contributed by atoms with E-state index in [0.717, 1.165) is 34.9 Å². The fraction of sp³-hybridized carbons (Fsp3) is 0.250. The predicted molar refractivity (Wildman–Crippen MR) is 118 cm³/mol. The highest BCUT2D eigenvalue weighted by molar-refractivity contribution is 5.66. The van der Waals surface area contributed by atoms with Gasteiger partial charge in [0.2, 0.25) is 0 Å². The summed E-state index contributed by atoms with van der Waals surface area (Å²) in [5.74, 6) is 1.56. The van der Waals surface area contributed by atoms with E-state index >= 15 is 0 Å². The molecule has 0 fully saturated rings. The molecular formula is C24H25N5O2. The van der Waals surface area contributed by atoms with Gasteiger partial charge in [-0.05, 0) is 23.8 Å². The summed E-state index contributed by atoms with van der Waals surface area (Å²) < 4.78 is 15.4. The molecule has 0 radical (unpaired) electrons. The number of fused-ring (bicyclic) bond motifs is 1. The Hall–Kier alpha value is -3.58. The molecule has 7 heteroatoms. The van der Waals surface area contributed by atoms with Gasteiger partial charge in [-0.2, -0.15) is 5.10 Å². The number of benzene rings is 2. The van der Waals surface area contributed by atoms with Gasteiger partial charge in [0.25, 0.3) is 0 Å². The number of hydrogen-bond donors (Lipinski definition) is 1. The third kappa shape index (κ3) is 4.32. The van der Waals surface area contributed by atoms with Crippen LogP contribution in [0.25, 0.3) is 11.3 Å². The molecule has 4 aromatic rings. The molecule has 1 aliphatic rings. The molecule has 0 bridgehead atoms. The molecule has 7 nitrogen and oxygen atoms in total. The summed E-state index contributed by atoms with van der Waals surface area (Å²) >= 11 is 0. The average Bonchev–Trinajstić information content (AvgIpc) is 3.46. The normalized spacial score (nSPS) is 13.8. The zero-order chi connectivity index (χ0) is 21.0. The molecule has 0 saturated heterocycles. The zero-order valence-corrected chi connectivity index (χ0v) is 17.4. The molecule has 1 N–H and O–H groups in total. The van der Waals surface area contributed by atoms with Crippen LogP contribution in [0.1, 0.15) is 17.2 Å². The Balaban J connectivity index is 1.39. The van der Waals surface area contributed by atoms with Crippen LogP contribution in [0.2, 0.25) is 0 Å². The van der Waals surface area contributed by atoms with Crippen molar-refractivity contribution in [2.24, 2.45) is 7.05 Å². The minimum Gasteiger partial charge on any atom is -0.486 e. The highest BCUT2D eigenvalue weighted by Crippen LogP contribution is 2.35. The van der Waals surface area contributed by atoms with E-state index in [-0.39, 0.29) is 6.04 Å². The fourth-order valence-electron chi connectivity index (χ4n) is 3.91. The molecule has 0 aliphatic carbocycles. The van der Waals surface area contributed by atoms with Crippen LogP contribution in [-0.2, 0) is 20.1 Å². The summed E-state index contributed by atoms with van der Waals surface area (Å²) in [5.41, 5.74) is 4.33. The Bertz CT molecular complexity index is 1140. The smallest absolute Gasteiger partial charge is 0.162 e. The maximum absolute atomic E-state index is 5.76. The molecule has 1 unspecified atom stereocenters. The second-order valence-electron chi connectivity index (χ2n) is 7.64. The topological polar surface area (TPSA) is 66.1 Å². The molecule has 2 aromatic carbocycles. The molecule has 0 spiro atoms. The summed E-state index contributed by atoms with van der Waals surface area (Å²) in [6, 6.07) is 16.6. The first-order valence-electron chi connectivity index (χ1n) is 10.4. The van der Waals surface area contributed by atoms with E-state index in [1.54, 1.807) is 0 Å². The fourth-order valence-corrected chi connectivity index (χ4v) is 3.91. The van der Waals surface area contributed by atoms with Gasteiger partial charge in [-0.15, -0.1) is 0 Å². The standard InChI is InChI=1S/C24H25N5O2/c1-28-15-20(24(27-28)19-7-8-22-23(13-19)31-12-11-30-22)14-26-21(16-29-10-9-25-17-29)18-5-3-2-4-6-18/h2-10,13,15,17,21,26H,11-12,14,16H2,1H3. The maximum atomic E-state index is 5.76. The molecule has 3 heterocycles. The van der Waals surface area contributed by atoms with Gasteiger partial charge in [0.1, 0.15) is 13.2 Å². The summed E-state index contributed by atoms with van der Waals surface area (Å²) in [7, 11) is 1.95. The number of nitrogens with zero attached hydrogens (tertiary/aromatic N) is 4. The molecule has 5 rings (SSSR count). The van der Waals surface area contributed by atoms with Crippen molar-refractivity contribution in [3.8, 4) is 22.8 Å². The summed E-state index contributed by atoms with van der Waals surface area (Å²) in [4.78, 5) is 4.18. The lowest BCUT2D eigenvalue weighted by Crippen LogP contribution is -2.25. The van der Waals surface area contributed by atoms with Gasteiger partial charge in [-0.3, -0.25) is 4.68 Å². The van der Waals surface area contributed by atoms with Crippen LogP contribution < -0.4 is 14.8 Å². The monoisotopic (exact) mass is 415 g/mol. The van der Waals surface area contributed by atoms with Gasteiger partial charge in [0, 0.05) is 49.9 Å². The molecule has 1 atom stereocenters. The first-order chi connectivity index (χ1) is 15.3. The van der Waals surface area contributed by atoms with Crippen LogP contribution in [0, 0.1) is 0 Å². The highest BCUT2D eigenvalue weighted by atomic mass is 16.6. The lowest BCUT2D eigenvalue weighted by Gasteiger charge is -2.20. The third-order valence-corrected chi connectivity index (χ3v) is 5.41. The molecule has 1 aliphatic heterocycles. The van der Waals surface area contributed by atoms with E-state index in [2.05, 4.69) is 45.3 Å². The minimum atomic E-state index is 0.142. The summed E-state index contributed by atoms with van der Waals surface area (Å²) in [5, 5.41) is 8.44. The van der Waals surface area contributed by atoms with Gasteiger partial charge >= 0.3 is 0 Å². The van der Waals surface area contributed by atoms with Crippen molar-refractivity contribution in [1.29, 1.82) is 0 Å². The SMILES string of the molecule is Cn1cc(CNC(Cn2ccnc2)c2ccccc2)c(-c2ccc3c(c2)OCCO3)n1. The second kappa shape index (κ2) is 8.65. The van der Waals surface area contributed by atoms with Crippen molar-refractivity contribution in [2.75, 3.05) is 13.2 Å². The number of rotatable bonds is 7. The number of aryl methyl sites for hydroxylation is 1. The predicted octanol–water partition coefficient (Wildman–Crippen LogP) is 3.59. The van der Waals surface area contributed by atoms with Crippen LogP contribution in [0.3, 0.4) is 0 Å². The minimum absolute atomic E-state index is 0.142. The maximum Gasteiger partial charge on any atom is 0.162 e. The van der Waals surface area contributed by atoms with Crippen LogP contribution in [0.5, 0.6) is 11.5 Å². The number of hydrogen-bond acceptors (Lipinski definition) is 5. The summed E-state index contributed by atoms with van der Waals surface area (Å²) in [6.45, 7) is 2.64. The zero-order valence-electron chi connectivity index (χ0n) is 17.4. The van der Waals surface area contributed by atoms with Crippen molar-refractivity contribution in [3.05, 3.63) is 84.6 Å². The molecule has 158 valence electrons. The van der Waals surface area contributed by atoms with E-state index in [9.17, 15) is 0 Å². The largest absolute Gasteiger partial charge is 0.486 e. The Morgan fingerprint density at radius 3 is 2.71 bits per heavy atom. The number of imidazole rings is 1. The quantitative estimate of drug-likeness (QED) is 0.500. The lowest BCUT2D eigenvalue weighted by molar-refractivity contribution is 0.171. The van der Waals surface area contributed by atoms with Crippen molar-refractivity contribution in [2.45, 2.75) is 19.1 Å². The lowest BCUT2D eigenvalue weighted by atomic mass is 10.0. The van der Waals surface area contributed by atoms with Gasteiger partial charge in [-0.25, -0.2) is 4.98 Å². The van der Waals surface area contributed by atoms with Gasteiger partial charge < -0.3 is 19.4 Å². The Morgan fingerprint density at radius 2 is 1.90 bits per heavy atom. The Kier molecular flexibility index (Phi) is 5.41. The van der Waals surface area contributed by atoms with E-state index in [1.165, 1.54) is 5.56 Å². The first kappa shape index (κ1) is 19.4. The number of nitrogens with one attached hydrogen (secondary N) is 1. The van der Waals surface area contributed by atoms with E-state index in [4.69, 9.17) is 14.6 Å². The summed E-state index contributed by atoms with van der Waals surface area (Å²) in [6.07, 6.45) is 7.71. The van der Waals surface area contributed by atoms with Crippen LogP contribution in [-0.4, -0.2) is 32.5 Å². The number of aromatic nitrogens is 4. The van der Waals surface area contributed by atoms with Crippen molar-refractivity contribution < 1.29 is 9.47 Å². The van der Waals surface area contributed by atoms with Crippen molar-refractivity contribution in [3.63, 3.8) is 0 Å². The van der Waals surface area contributed by atoms with E-state index in [0.29, 0.717) is 19.8 Å². The van der Waals surface area contributed by atoms with Crippen molar-refractivity contribution >= 4 is 0 Å². The van der Waals surface area contributed by atoms with Crippen LogP contribution in [0.4, 0.5) is 0 Å². The van der Waals surface area contributed by atoms with Crippen LogP contribution >= 0.6 is 0 Å². The van der Waals surface area contributed by atoms with Crippen LogP contribution in [0.15, 0.2) is 73.4 Å². The molecule has 31 heavy (non-hydrogen) atoms. The van der Waals surface area contributed by atoms with Crippen molar-refractivity contribution in [1.82, 2.24) is 24.6 Å². The molecule has 0 amide bonds. The first-order valence-corrected chi connectivity index (χ1v) is 10.4. The highest BCUT2D eigenvalue weighted by Gasteiger charge is 2.18. The van der Waals surface area contributed by atoms with E-state index < -0.39 is 0 Å². The Labute approximate surface area is 181 Å². The third-order valence-electron chi connectivity index (χ3n) is 5.41. The molecule has 2 aromatic heterocycles. The molecular weight excluding hydrogens is 390 g/mol. The number of ether oxygens (including phenoxy) is 2. The molecule has 0 saturated carbocycles. The van der Waals surface area contributed by atoms with Gasteiger partial charge in [-0.1, -0.05) is 30.3 Å².